The van der Waals surface area contributed by atoms with Crippen molar-refractivity contribution in [2.24, 2.45) is 0 Å². The van der Waals surface area contributed by atoms with Gasteiger partial charge in [0.1, 0.15) is 24.2 Å². The van der Waals surface area contributed by atoms with Crippen molar-refractivity contribution in [2.75, 3.05) is 30.0 Å². The van der Waals surface area contributed by atoms with Crippen LogP contribution in [0.3, 0.4) is 0 Å². The van der Waals surface area contributed by atoms with E-state index in [1.807, 2.05) is 29.5 Å². The molecular weight excluding hydrogens is 504 g/mol. The number of likely N-dealkylation sites (N-methyl/N-ethyl adjacent to an activating group) is 1. The summed E-state index contributed by atoms with van der Waals surface area (Å²) in [5.74, 6) is -1.36. The van der Waals surface area contributed by atoms with E-state index in [1.165, 1.54) is 16.2 Å². The Kier molecular flexibility index (Phi) is 6.94. The van der Waals surface area contributed by atoms with E-state index in [-0.39, 0.29) is 29.8 Å². The summed E-state index contributed by atoms with van der Waals surface area (Å²) in [7, 11) is 1.93. The Bertz CT molecular complexity index is 1410. The van der Waals surface area contributed by atoms with Crippen molar-refractivity contribution in [1.29, 1.82) is 0 Å². The molecule has 9 heteroatoms. The summed E-state index contributed by atoms with van der Waals surface area (Å²) in [6.45, 7) is 4.84. The SMILES string of the molecule is CC(C)OC(=O)Cc1ccc(N2C(=O)C(=O)/C(=C(\O)c3ccc4c(c3)N(C)CCO4)C2c2cccs2)cc1. The van der Waals surface area contributed by atoms with Gasteiger partial charge in [0.15, 0.2) is 0 Å². The lowest BCUT2D eigenvalue weighted by Crippen LogP contribution is -2.29. The second kappa shape index (κ2) is 10.3. The predicted octanol–water partition coefficient (Wildman–Crippen LogP) is 4.70. The lowest BCUT2D eigenvalue weighted by molar-refractivity contribution is -0.146. The number of rotatable bonds is 6. The Morgan fingerprint density at radius 2 is 1.92 bits per heavy atom. The molecule has 2 aromatic carbocycles. The van der Waals surface area contributed by atoms with E-state index in [0.29, 0.717) is 30.2 Å². The summed E-state index contributed by atoms with van der Waals surface area (Å²) in [5.41, 5.74) is 2.47. The average Bonchev–Trinajstić information content (AvgIpc) is 3.51. The number of carbonyl (C=O) groups excluding carboxylic acids is 3. The van der Waals surface area contributed by atoms with Crippen LogP contribution in [0.1, 0.15) is 35.9 Å². The Hall–Kier alpha value is -4.11. The van der Waals surface area contributed by atoms with E-state index in [9.17, 15) is 19.5 Å². The van der Waals surface area contributed by atoms with Crippen molar-refractivity contribution >= 4 is 46.1 Å². The Balaban J connectivity index is 1.54. The van der Waals surface area contributed by atoms with Gasteiger partial charge >= 0.3 is 5.97 Å². The van der Waals surface area contributed by atoms with E-state index < -0.39 is 17.7 Å². The number of fused-ring (bicyclic) bond motifs is 1. The van der Waals surface area contributed by atoms with Gasteiger partial charge in [-0.05, 0) is 61.2 Å². The first-order valence-electron chi connectivity index (χ1n) is 12.4. The van der Waals surface area contributed by atoms with E-state index >= 15 is 0 Å². The fourth-order valence-electron chi connectivity index (χ4n) is 4.71. The topological polar surface area (TPSA) is 96.4 Å². The number of thiophene rings is 1. The number of amides is 1. The Morgan fingerprint density at radius 3 is 2.61 bits per heavy atom. The van der Waals surface area contributed by atoms with Gasteiger partial charge in [-0.2, -0.15) is 0 Å². The van der Waals surface area contributed by atoms with Gasteiger partial charge in [0.05, 0.1) is 30.3 Å². The molecule has 1 atom stereocenters. The number of ether oxygens (including phenoxy) is 2. The lowest BCUT2D eigenvalue weighted by Gasteiger charge is -2.28. The number of nitrogens with zero attached hydrogens (tertiary/aromatic N) is 2. The summed E-state index contributed by atoms with van der Waals surface area (Å²) in [6.07, 6.45) is -0.107. The molecule has 1 unspecified atom stereocenters. The number of ketones is 1. The predicted molar refractivity (Wildman–Crippen MR) is 146 cm³/mol. The Labute approximate surface area is 224 Å². The van der Waals surface area contributed by atoms with E-state index in [0.717, 1.165) is 16.1 Å². The largest absolute Gasteiger partial charge is 0.507 e. The van der Waals surface area contributed by atoms with Gasteiger partial charge in [-0.15, -0.1) is 11.3 Å². The quantitative estimate of drug-likeness (QED) is 0.213. The normalized spacial score (nSPS) is 18.5. The van der Waals surface area contributed by atoms with Crippen molar-refractivity contribution < 1.29 is 29.0 Å². The third-order valence-electron chi connectivity index (χ3n) is 6.52. The Morgan fingerprint density at radius 1 is 1.16 bits per heavy atom. The summed E-state index contributed by atoms with van der Waals surface area (Å²) >= 11 is 1.40. The number of carbonyl (C=O) groups is 3. The second-order valence-electron chi connectivity index (χ2n) is 9.52. The van der Waals surface area contributed by atoms with E-state index in [1.54, 1.807) is 56.3 Å². The maximum Gasteiger partial charge on any atom is 0.310 e. The smallest absolute Gasteiger partial charge is 0.310 e. The molecule has 38 heavy (non-hydrogen) atoms. The van der Waals surface area contributed by atoms with Crippen LogP contribution in [0.25, 0.3) is 5.76 Å². The van der Waals surface area contributed by atoms with Gasteiger partial charge in [-0.1, -0.05) is 18.2 Å². The van der Waals surface area contributed by atoms with Crippen LogP contribution < -0.4 is 14.5 Å². The highest BCUT2D eigenvalue weighted by atomic mass is 32.1. The summed E-state index contributed by atoms with van der Waals surface area (Å²) in [6, 6.07) is 15.0. The van der Waals surface area contributed by atoms with Crippen LogP contribution in [-0.2, 0) is 25.5 Å². The van der Waals surface area contributed by atoms with Gasteiger partial charge in [0, 0.05) is 23.2 Å². The molecule has 3 heterocycles. The molecule has 2 aliphatic rings. The highest BCUT2D eigenvalue weighted by Crippen LogP contribution is 2.44. The van der Waals surface area contributed by atoms with E-state index in [4.69, 9.17) is 9.47 Å². The van der Waals surface area contributed by atoms with Crippen LogP contribution in [0.5, 0.6) is 5.75 Å². The van der Waals surface area contributed by atoms with Crippen LogP contribution in [0.4, 0.5) is 11.4 Å². The second-order valence-corrected chi connectivity index (χ2v) is 10.5. The van der Waals surface area contributed by atoms with Crippen molar-refractivity contribution in [2.45, 2.75) is 32.4 Å². The van der Waals surface area contributed by atoms with Crippen molar-refractivity contribution in [3.63, 3.8) is 0 Å². The molecule has 0 bridgehead atoms. The minimum atomic E-state index is -0.795. The minimum absolute atomic E-state index is 0.0290. The number of hydrogen-bond donors (Lipinski definition) is 1. The number of benzene rings is 2. The molecule has 3 aromatic rings. The maximum absolute atomic E-state index is 13.4. The average molecular weight is 533 g/mol. The zero-order chi connectivity index (χ0) is 27.0. The first-order valence-corrected chi connectivity index (χ1v) is 13.2. The third-order valence-corrected chi connectivity index (χ3v) is 7.44. The van der Waals surface area contributed by atoms with Crippen molar-refractivity contribution in [1.82, 2.24) is 0 Å². The number of aliphatic hydroxyl groups excluding tert-OH is 1. The standard InChI is InChI=1S/C29H28N2O6S/c1-17(2)37-24(32)15-18-6-9-20(10-7-18)31-26(23-5-4-14-38-23)25(28(34)29(31)35)27(33)19-8-11-22-21(16-19)30(3)12-13-36-22/h4-11,14,16-17,26,33H,12-13,15H2,1-3H3/b27-25-. The molecule has 0 aliphatic carbocycles. The first-order chi connectivity index (χ1) is 18.2. The molecule has 2 aliphatic heterocycles. The molecule has 1 amide bonds. The molecule has 0 saturated carbocycles. The summed E-state index contributed by atoms with van der Waals surface area (Å²) in [4.78, 5) is 43.0. The molecule has 1 N–H and O–H groups in total. The number of esters is 1. The van der Waals surface area contributed by atoms with Crippen LogP contribution in [0, 0.1) is 0 Å². The van der Waals surface area contributed by atoms with Crippen LogP contribution in [-0.4, -0.2) is 49.1 Å². The molecule has 1 fully saturated rings. The lowest BCUT2D eigenvalue weighted by atomic mass is 9.99. The van der Waals surface area contributed by atoms with Gasteiger partial charge in [-0.25, -0.2) is 0 Å². The van der Waals surface area contributed by atoms with Gasteiger partial charge in [0.2, 0.25) is 0 Å². The van der Waals surface area contributed by atoms with Crippen molar-refractivity contribution in [3.05, 3.63) is 81.6 Å². The van der Waals surface area contributed by atoms with Crippen LogP contribution >= 0.6 is 11.3 Å². The molecule has 0 radical (unpaired) electrons. The number of aliphatic hydroxyl groups is 1. The van der Waals surface area contributed by atoms with Crippen LogP contribution in [0.15, 0.2) is 65.6 Å². The molecular formula is C29H28N2O6S. The summed E-state index contributed by atoms with van der Waals surface area (Å²) < 4.78 is 10.9. The van der Waals surface area contributed by atoms with Crippen LogP contribution in [0.2, 0.25) is 0 Å². The van der Waals surface area contributed by atoms with E-state index in [2.05, 4.69) is 0 Å². The number of anilines is 2. The molecule has 0 spiro atoms. The summed E-state index contributed by atoms with van der Waals surface area (Å²) in [5, 5.41) is 13.3. The minimum Gasteiger partial charge on any atom is -0.507 e. The maximum atomic E-state index is 13.4. The monoisotopic (exact) mass is 532 g/mol. The first kappa shape index (κ1) is 25.5. The zero-order valence-electron chi connectivity index (χ0n) is 21.3. The molecule has 196 valence electrons. The zero-order valence-corrected chi connectivity index (χ0v) is 22.2. The van der Waals surface area contributed by atoms with Gasteiger partial charge in [-0.3, -0.25) is 19.3 Å². The fraction of sp³-hybridized carbons (Fsp3) is 0.276. The van der Waals surface area contributed by atoms with Gasteiger partial charge < -0.3 is 19.5 Å². The number of Topliss-reactive ketones (excluding diaryl/α,β-unsaturated/α-hetero) is 1. The molecule has 1 saturated heterocycles. The number of hydrogen-bond acceptors (Lipinski definition) is 8. The molecule has 5 rings (SSSR count). The third kappa shape index (κ3) is 4.77. The highest BCUT2D eigenvalue weighted by Gasteiger charge is 2.47. The van der Waals surface area contributed by atoms with Gasteiger partial charge in [0.25, 0.3) is 11.7 Å². The fourth-order valence-corrected chi connectivity index (χ4v) is 5.54. The molecule has 1 aromatic heterocycles. The molecule has 8 nitrogen and oxygen atoms in total. The van der Waals surface area contributed by atoms with Crippen molar-refractivity contribution in [3.8, 4) is 5.75 Å². The highest BCUT2D eigenvalue weighted by molar-refractivity contribution is 7.10.